The van der Waals surface area contributed by atoms with Crippen LogP contribution in [0.3, 0.4) is 0 Å². The number of nitrogens with one attached hydrogen (secondary N) is 1. The van der Waals surface area contributed by atoms with E-state index in [1.807, 2.05) is 0 Å². The van der Waals surface area contributed by atoms with E-state index >= 15 is 0 Å². The van der Waals surface area contributed by atoms with Gasteiger partial charge in [0.05, 0.1) is 5.69 Å². The first-order valence-corrected chi connectivity index (χ1v) is 4.83. The topological polar surface area (TPSA) is 38.0 Å². The van der Waals surface area contributed by atoms with E-state index in [9.17, 15) is 13.2 Å². The minimum atomic E-state index is -0.757. The van der Waals surface area contributed by atoms with E-state index in [-0.39, 0.29) is 11.4 Å². The molecule has 2 aromatic carbocycles. The second kappa shape index (κ2) is 4.37. The molecule has 0 aliphatic heterocycles. The van der Waals surface area contributed by atoms with Crippen LogP contribution in [-0.2, 0) is 0 Å². The summed E-state index contributed by atoms with van der Waals surface area (Å²) in [4.78, 5) is 0. The first kappa shape index (κ1) is 11.3. The number of benzene rings is 2. The highest BCUT2D eigenvalue weighted by Gasteiger charge is 2.05. The maximum Gasteiger partial charge on any atom is 0.149 e. The van der Waals surface area contributed by atoms with Crippen LogP contribution >= 0.6 is 0 Å². The summed E-state index contributed by atoms with van der Waals surface area (Å²) < 4.78 is 39.0. The predicted molar refractivity (Wildman–Crippen MR) is 60.5 cm³/mol. The Labute approximate surface area is 95.9 Å². The van der Waals surface area contributed by atoms with Gasteiger partial charge >= 0.3 is 0 Å². The normalized spacial score (nSPS) is 10.3. The van der Waals surface area contributed by atoms with Crippen molar-refractivity contribution in [1.82, 2.24) is 0 Å². The molecule has 0 aliphatic carbocycles. The van der Waals surface area contributed by atoms with Crippen molar-refractivity contribution >= 4 is 17.1 Å². The molecule has 2 nitrogen and oxygen atoms in total. The Hall–Kier alpha value is -2.17. The zero-order valence-corrected chi connectivity index (χ0v) is 8.68. The average molecular weight is 238 g/mol. The molecule has 2 aromatic rings. The Bertz CT molecular complexity index is 535. The van der Waals surface area contributed by atoms with E-state index in [0.717, 1.165) is 18.2 Å². The Kier molecular flexibility index (Phi) is 2.91. The quantitative estimate of drug-likeness (QED) is 0.786. The van der Waals surface area contributed by atoms with Crippen molar-refractivity contribution in [2.24, 2.45) is 0 Å². The minimum absolute atomic E-state index is 0.0522. The molecule has 0 heterocycles. The van der Waals surface area contributed by atoms with Crippen molar-refractivity contribution in [1.29, 1.82) is 0 Å². The van der Waals surface area contributed by atoms with Crippen LogP contribution in [0.15, 0.2) is 36.4 Å². The lowest BCUT2D eigenvalue weighted by atomic mass is 10.2. The molecule has 0 aromatic heterocycles. The van der Waals surface area contributed by atoms with Crippen molar-refractivity contribution in [2.75, 3.05) is 11.1 Å². The molecule has 0 saturated heterocycles. The molecule has 88 valence electrons. The number of hydrogen-bond acceptors (Lipinski definition) is 2. The Balaban J connectivity index is 2.31. The molecule has 0 unspecified atom stereocenters. The molecule has 17 heavy (non-hydrogen) atoms. The van der Waals surface area contributed by atoms with Crippen molar-refractivity contribution in [3.8, 4) is 0 Å². The molecular formula is C12H9F3N2. The number of nitrogens with two attached hydrogens (primary N) is 1. The van der Waals surface area contributed by atoms with Crippen molar-refractivity contribution in [3.05, 3.63) is 53.8 Å². The summed E-state index contributed by atoms with van der Waals surface area (Å²) in [6, 6.07) is 6.84. The third kappa shape index (κ3) is 2.69. The van der Waals surface area contributed by atoms with Gasteiger partial charge in [-0.2, -0.15) is 0 Å². The summed E-state index contributed by atoms with van der Waals surface area (Å²) in [5, 5.41) is 2.62. The zero-order chi connectivity index (χ0) is 12.4. The number of halogens is 3. The van der Waals surface area contributed by atoms with Gasteiger partial charge in [-0.05, 0) is 30.3 Å². The molecular weight excluding hydrogens is 229 g/mol. The molecule has 0 amide bonds. The lowest BCUT2D eigenvalue weighted by Crippen LogP contribution is -1.96. The van der Waals surface area contributed by atoms with Gasteiger partial charge in [0, 0.05) is 17.4 Å². The molecule has 0 aliphatic rings. The minimum Gasteiger partial charge on any atom is -0.399 e. The second-order valence-corrected chi connectivity index (χ2v) is 3.52. The molecule has 0 bridgehead atoms. The van der Waals surface area contributed by atoms with Gasteiger partial charge in [-0.15, -0.1) is 0 Å². The zero-order valence-electron chi connectivity index (χ0n) is 8.68. The van der Waals surface area contributed by atoms with Crippen LogP contribution in [0.25, 0.3) is 0 Å². The van der Waals surface area contributed by atoms with E-state index in [4.69, 9.17) is 5.73 Å². The molecule has 2 rings (SSSR count). The Morgan fingerprint density at radius 1 is 0.882 bits per heavy atom. The average Bonchev–Trinajstić information content (AvgIpc) is 2.21. The molecule has 0 fully saturated rings. The summed E-state index contributed by atoms with van der Waals surface area (Å²) in [5.74, 6) is -1.96. The summed E-state index contributed by atoms with van der Waals surface area (Å²) in [6.07, 6.45) is 0. The van der Waals surface area contributed by atoms with E-state index in [1.54, 1.807) is 0 Å². The number of rotatable bonds is 2. The largest absolute Gasteiger partial charge is 0.399 e. The first-order valence-electron chi connectivity index (χ1n) is 4.83. The van der Waals surface area contributed by atoms with Crippen molar-refractivity contribution in [3.63, 3.8) is 0 Å². The first-order chi connectivity index (χ1) is 8.04. The number of anilines is 3. The van der Waals surface area contributed by atoms with Crippen molar-refractivity contribution in [2.45, 2.75) is 0 Å². The third-order valence-electron chi connectivity index (χ3n) is 2.13. The standard InChI is InChI=1S/C12H9F3N2/c13-7-1-2-12(11(15)5-7)17-10-4-8(14)3-9(16)6-10/h1-6,17H,16H2. The van der Waals surface area contributed by atoms with Crippen LogP contribution in [0.4, 0.5) is 30.2 Å². The maximum atomic E-state index is 13.3. The third-order valence-corrected chi connectivity index (χ3v) is 2.13. The van der Waals surface area contributed by atoms with Crippen LogP contribution in [-0.4, -0.2) is 0 Å². The highest BCUT2D eigenvalue weighted by molar-refractivity contribution is 5.64. The van der Waals surface area contributed by atoms with Crippen LogP contribution in [0.2, 0.25) is 0 Å². The highest BCUT2D eigenvalue weighted by Crippen LogP contribution is 2.23. The smallest absolute Gasteiger partial charge is 0.149 e. The number of nitrogen functional groups attached to an aromatic ring is 1. The molecule has 0 spiro atoms. The van der Waals surface area contributed by atoms with Gasteiger partial charge in [0.25, 0.3) is 0 Å². The van der Waals surface area contributed by atoms with Crippen LogP contribution in [0, 0.1) is 17.5 Å². The lowest BCUT2D eigenvalue weighted by Gasteiger charge is -2.08. The summed E-state index contributed by atoms with van der Waals surface area (Å²) in [6.45, 7) is 0. The Morgan fingerprint density at radius 3 is 2.29 bits per heavy atom. The highest BCUT2D eigenvalue weighted by atomic mass is 19.1. The fourth-order valence-corrected chi connectivity index (χ4v) is 1.43. The predicted octanol–water partition coefficient (Wildman–Crippen LogP) is 3.43. The molecule has 0 saturated carbocycles. The van der Waals surface area contributed by atoms with Gasteiger partial charge in [-0.1, -0.05) is 0 Å². The number of hydrogen-bond donors (Lipinski definition) is 2. The van der Waals surface area contributed by atoms with E-state index < -0.39 is 17.5 Å². The van der Waals surface area contributed by atoms with Crippen LogP contribution in [0.5, 0.6) is 0 Å². The molecule has 3 N–H and O–H groups in total. The van der Waals surface area contributed by atoms with Crippen LogP contribution < -0.4 is 11.1 Å². The summed E-state index contributed by atoms with van der Waals surface area (Å²) >= 11 is 0. The summed E-state index contributed by atoms with van der Waals surface area (Å²) in [7, 11) is 0. The van der Waals surface area contributed by atoms with E-state index in [2.05, 4.69) is 5.32 Å². The van der Waals surface area contributed by atoms with Gasteiger partial charge in [0.1, 0.15) is 17.5 Å². The molecule has 5 heteroatoms. The monoisotopic (exact) mass is 238 g/mol. The fraction of sp³-hybridized carbons (Fsp3) is 0. The van der Waals surface area contributed by atoms with Gasteiger partial charge in [-0.25, -0.2) is 13.2 Å². The van der Waals surface area contributed by atoms with Crippen molar-refractivity contribution < 1.29 is 13.2 Å². The fourth-order valence-electron chi connectivity index (χ4n) is 1.43. The van der Waals surface area contributed by atoms with E-state index in [1.165, 1.54) is 18.2 Å². The van der Waals surface area contributed by atoms with Gasteiger partial charge in [0.15, 0.2) is 0 Å². The van der Waals surface area contributed by atoms with Gasteiger partial charge in [-0.3, -0.25) is 0 Å². The molecule has 0 radical (unpaired) electrons. The second-order valence-electron chi connectivity index (χ2n) is 3.52. The van der Waals surface area contributed by atoms with Gasteiger partial charge in [0.2, 0.25) is 0 Å². The SMILES string of the molecule is Nc1cc(F)cc(Nc2ccc(F)cc2F)c1. The van der Waals surface area contributed by atoms with E-state index in [0.29, 0.717) is 5.69 Å². The summed E-state index contributed by atoms with van der Waals surface area (Å²) in [5.41, 5.74) is 6.01. The van der Waals surface area contributed by atoms with Crippen LogP contribution in [0.1, 0.15) is 0 Å². The molecule has 0 atom stereocenters. The maximum absolute atomic E-state index is 13.3. The van der Waals surface area contributed by atoms with Gasteiger partial charge < -0.3 is 11.1 Å². The lowest BCUT2D eigenvalue weighted by molar-refractivity contribution is 0.586. The Morgan fingerprint density at radius 2 is 1.65 bits per heavy atom.